The van der Waals surface area contributed by atoms with Gasteiger partial charge in [-0.15, -0.1) is 0 Å². The Balaban J connectivity index is 1.61. The van der Waals surface area contributed by atoms with Gasteiger partial charge in [-0.2, -0.15) is 21.4 Å². The molecule has 0 amide bonds. The smallest absolute Gasteiger partial charge is 0.307 e. The van der Waals surface area contributed by atoms with Crippen molar-refractivity contribution in [2.24, 2.45) is 0 Å². The highest BCUT2D eigenvalue weighted by Crippen LogP contribution is 2.43. The summed E-state index contributed by atoms with van der Waals surface area (Å²) < 4.78 is 73.8. The van der Waals surface area contributed by atoms with Crippen LogP contribution in [0, 0.1) is 0 Å². The standard InChI is InChI=1S/C19H14N2O9S3/c22-19(23)6-10-5-13-14(8-16(10)33(27,28)29)30-17-9-18-21(4-3-20(13)17)12-2-1-11(32(24,25)26)7-15(12)31-18/h1-2,5,7-9H,3-4,6H2,(H2-,22,23,24,25,26,27,28,29)/p+1. The number of hydrogen-bond acceptors (Lipinski definition) is 8. The summed E-state index contributed by atoms with van der Waals surface area (Å²) >= 11 is 1.28. The van der Waals surface area contributed by atoms with Gasteiger partial charge in [0, 0.05) is 12.1 Å². The molecule has 0 radical (unpaired) electrons. The van der Waals surface area contributed by atoms with Crippen LogP contribution in [-0.2, 0) is 38.0 Å². The van der Waals surface area contributed by atoms with Gasteiger partial charge < -0.3 is 14.7 Å². The Hall–Kier alpha value is -3.04. The number of nitrogens with zero attached hydrogens (tertiary/aromatic N) is 2. The van der Waals surface area contributed by atoms with Gasteiger partial charge in [-0.25, -0.2) is 0 Å². The zero-order chi connectivity index (χ0) is 23.7. The maximum Gasteiger partial charge on any atom is 0.307 e. The minimum Gasteiger partial charge on any atom is -0.481 e. The maximum absolute atomic E-state index is 11.8. The molecule has 3 heterocycles. The molecule has 2 aromatic carbocycles. The first kappa shape index (κ1) is 21.8. The number of ether oxygens (including phenoxy) is 1. The van der Waals surface area contributed by atoms with Crippen molar-refractivity contribution < 1.29 is 45.1 Å². The van der Waals surface area contributed by atoms with Crippen molar-refractivity contribution in [3.8, 4) is 5.75 Å². The predicted octanol–water partition coefficient (Wildman–Crippen LogP) is 1.52. The van der Waals surface area contributed by atoms with Gasteiger partial charge in [0.05, 0.1) is 29.6 Å². The van der Waals surface area contributed by atoms with Crippen LogP contribution < -0.4 is 14.2 Å². The lowest BCUT2D eigenvalue weighted by molar-refractivity contribution is -0.665. The highest BCUT2D eigenvalue weighted by molar-refractivity contribution is 7.86. The second-order valence-electron chi connectivity index (χ2n) is 7.41. The van der Waals surface area contributed by atoms with Gasteiger partial charge >= 0.3 is 5.97 Å². The van der Waals surface area contributed by atoms with Crippen molar-refractivity contribution in [1.29, 1.82) is 0 Å². The van der Waals surface area contributed by atoms with Crippen LogP contribution in [0.1, 0.15) is 10.6 Å². The molecular formula is C19H15N2O9S3+. The molecule has 0 atom stereocenters. The van der Waals surface area contributed by atoms with Gasteiger partial charge in [-0.1, -0.05) is 11.3 Å². The molecule has 0 saturated heterocycles. The van der Waals surface area contributed by atoms with Crippen molar-refractivity contribution in [3.63, 3.8) is 0 Å². The molecule has 14 heteroatoms. The molecule has 33 heavy (non-hydrogen) atoms. The van der Waals surface area contributed by atoms with Crippen LogP contribution in [0.15, 0.2) is 46.0 Å². The van der Waals surface area contributed by atoms with E-state index in [1.807, 2.05) is 4.57 Å². The molecule has 0 unspecified atom stereocenters. The molecule has 0 fully saturated rings. The first-order valence-corrected chi connectivity index (χ1v) is 13.1. The number of anilines is 1. The number of aliphatic carboxylic acids is 1. The molecule has 0 saturated carbocycles. The summed E-state index contributed by atoms with van der Waals surface area (Å²) in [5.74, 6) is -0.725. The number of fused-ring (bicyclic) bond motifs is 6. The minimum absolute atomic E-state index is 0.0662. The molecular weight excluding hydrogens is 496 g/mol. The number of thiazole rings is 1. The Morgan fingerprint density at radius 2 is 1.88 bits per heavy atom. The monoisotopic (exact) mass is 511 g/mol. The van der Waals surface area contributed by atoms with E-state index < -0.39 is 37.5 Å². The maximum atomic E-state index is 11.8. The van der Waals surface area contributed by atoms with E-state index in [9.17, 15) is 30.7 Å². The van der Waals surface area contributed by atoms with Gasteiger partial charge in [0.2, 0.25) is 11.4 Å². The zero-order valence-electron chi connectivity index (χ0n) is 16.5. The summed E-state index contributed by atoms with van der Waals surface area (Å²) in [4.78, 5) is 12.2. The van der Waals surface area contributed by atoms with E-state index in [1.165, 1.54) is 29.5 Å². The van der Waals surface area contributed by atoms with E-state index >= 15 is 0 Å². The summed E-state index contributed by atoms with van der Waals surface area (Å²) in [7, 11) is -9.02. The number of hydrogen-bond donors (Lipinski definition) is 3. The molecule has 0 spiro atoms. The third kappa shape index (κ3) is 3.75. The van der Waals surface area contributed by atoms with Gasteiger partial charge in [0.1, 0.15) is 9.60 Å². The third-order valence-electron chi connectivity index (χ3n) is 5.33. The number of aromatic nitrogens is 1. The molecule has 1 aromatic heterocycles. The zero-order valence-corrected chi connectivity index (χ0v) is 18.9. The molecule has 5 rings (SSSR count). The lowest BCUT2D eigenvalue weighted by Gasteiger charge is -2.15. The predicted molar refractivity (Wildman–Crippen MR) is 115 cm³/mol. The van der Waals surface area contributed by atoms with Crippen molar-refractivity contribution in [2.45, 2.75) is 22.8 Å². The van der Waals surface area contributed by atoms with Crippen LogP contribution in [-0.4, -0.2) is 43.6 Å². The highest BCUT2D eigenvalue weighted by atomic mass is 32.2. The van der Waals surface area contributed by atoms with Crippen LogP contribution >= 0.6 is 11.3 Å². The molecule has 2 aliphatic heterocycles. The van der Waals surface area contributed by atoms with Crippen molar-refractivity contribution in [3.05, 3.63) is 46.8 Å². The Labute approximate surface area is 191 Å². The molecule has 3 aromatic rings. The van der Waals surface area contributed by atoms with E-state index in [4.69, 9.17) is 9.84 Å². The van der Waals surface area contributed by atoms with Crippen molar-refractivity contribution >= 4 is 59.5 Å². The Morgan fingerprint density at radius 3 is 2.55 bits per heavy atom. The number of rotatable bonds is 4. The molecule has 2 aliphatic rings. The van der Waals surface area contributed by atoms with E-state index in [1.54, 1.807) is 17.0 Å². The van der Waals surface area contributed by atoms with Crippen molar-refractivity contribution in [1.82, 2.24) is 0 Å². The summed E-state index contributed by atoms with van der Waals surface area (Å²) in [6.07, 6.45) is 1.10. The van der Waals surface area contributed by atoms with Gasteiger partial charge in [0.25, 0.3) is 25.2 Å². The summed E-state index contributed by atoms with van der Waals surface area (Å²) in [6, 6.07) is 6.79. The quantitative estimate of drug-likeness (QED) is 0.346. The SMILES string of the molecule is O=C(O)Cc1cc2c(cc1S(=O)(=O)O)OC1=Cc3sc4cc(S(=O)(=O)O)ccc4[n+]3CCN12. The van der Waals surface area contributed by atoms with E-state index in [2.05, 4.69) is 0 Å². The Kier molecular flexibility index (Phi) is 4.77. The summed E-state index contributed by atoms with van der Waals surface area (Å²) in [5, 5.41) is 9.88. The highest BCUT2D eigenvalue weighted by Gasteiger charge is 2.35. The van der Waals surface area contributed by atoms with Crippen molar-refractivity contribution in [2.75, 3.05) is 11.4 Å². The van der Waals surface area contributed by atoms with Gasteiger partial charge in [-0.05, 0) is 23.8 Å². The Morgan fingerprint density at radius 1 is 1.12 bits per heavy atom. The van der Waals surface area contributed by atoms with Crippen LogP contribution in [0.5, 0.6) is 5.75 Å². The first-order valence-electron chi connectivity index (χ1n) is 9.39. The molecule has 11 nitrogen and oxygen atoms in total. The third-order valence-corrected chi connectivity index (χ3v) is 8.21. The number of benzene rings is 2. The lowest BCUT2D eigenvalue weighted by Crippen LogP contribution is -2.39. The summed E-state index contributed by atoms with van der Waals surface area (Å²) in [6.45, 7) is 0.845. The molecule has 0 bridgehead atoms. The fourth-order valence-corrected chi connectivity index (χ4v) is 6.39. The summed E-state index contributed by atoms with van der Waals surface area (Å²) in [5.41, 5.74) is 1.16. The topological polar surface area (TPSA) is 162 Å². The Bertz CT molecular complexity index is 1600. The second-order valence-corrected chi connectivity index (χ2v) is 11.3. The van der Waals surface area contributed by atoms with Gasteiger partial charge in [-0.3, -0.25) is 13.9 Å². The average molecular weight is 512 g/mol. The first-order chi connectivity index (χ1) is 15.4. The van der Waals surface area contributed by atoms with Gasteiger partial charge in [0.15, 0.2) is 12.3 Å². The fraction of sp³-hybridized carbons (Fsp3) is 0.158. The van der Waals surface area contributed by atoms with E-state index in [-0.39, 0.29) is 16.2 Å². The van der Waals surface area contributed by atoms with Crippen LogP contribution in [0.4, 0.5) is 5.69 Å². The minimum atomic E-state index is -4.68. The number of carboxylic acids is 1. The number of carboxylic acid groups (broad SMARTS) is 1. The van der Waals surface area contributed by atoms with E-state index in [0.717, 1.165) is 16.6 Å². The van der Waals surface area contributed by atoms with E-state index in [0.29, 0.717) is 29.4 Å². The lowest BCUT2D eigenvalue weighted by atomic mass is 10.1. The second kappa shape index (κ2) is 7.23. The van der Waals surface area contributed by atoms with Crippen LogP contribution in [0.3, 0.4) is 0 Å². The number of carbonyl (C=O) groups is 1. The normalized spacial score (nSPS) is 15.3. The molecule has 3 N–H and O–H groups in total. The molecule has 172 valence electrons. The largest absolute Gasteiger partial charge is 0.481 e. The fourth-order valence-electron chi connectivity index (χ4n) is 3.94. The van der Waals surface area contributed by atoms with Crippen LogP contribution in [0.25, 0.3) is 16.3 Å². The molecule has 0 aliphatic carbocycles. The van der Waals surface area contributed by atoms with Crippen LogP contribution in [0.2, 0.25) is 0 Å². The average Bonchev–Trinajstić information content (AvgIpc) is 3.14.